The molecule has 0 saturated carbocycles. The maximum Gasteiger partial charge on any atom is 0.344 e. The van der Waals surface area contributed by atoms with E-state index in [9.17, 15) is 14.4 Å². The smallest absolute Gasteiger partial charge is 0.344 e. The third-order valence-corrected chi connectivity index (χ3v) is 5.02. The van der Waals surface area contributed by atoms with E-state index < -0.39 is 18.5 Å². The Labute approximate surface area is 222 Å². The maximum atomic E-state index is 13.0. The van der Waals surface area contributed by atoms with Crippen LogP contribution in [-0.2, 0) is 19.1 Å². The first-order chi connectivity index (χ1) is 18.2. The molecule has 0 aliphatic heterocycles. The number of Topliss-reactive ketones (excluding diaryl/α,β-unsaturated/α-hetero) is 1. The van der Waals surface area contributed by atoms with Gasteiger partial charge in [-0.3, -0.25) is 4.79 Å². The van der Waals surface area contributed by atoms with Crippen LogP contribution in [0, 0.1) is 0 Å². The van der Waals surface area contributed by atoms with E-state index in [-0.39, 0.29) is 48.3 Å². The minimum atomic E-state index is -0.583. The normalized spacial score (nSPS) is 10.7. The van der Waals surface area contributed by atoms with E-state index in [0.717, 1.165) is 11.1 Å². The molecule has 8 heteroatoms. The third-order valence-electron chi connectivity index (χ3n) is 5.02. The summed E-state index contributed by atoms with van der Waals surface area (Å²) in [6.45, 7) is 5.95. The Hall–Kier alpha value is -4.33. The standard InChI is InChI=1S/C30H32O8/c1-20(2)37-29(32)18-35-25-14-15-26(28(16-25)36-19-30(33)38-21(3)4)27(31)17-34-24-12-10-23(11-13-24)22-8-6-5-7-9-22/h5-16,20-21H,17-19H2,1-4H3. The molecule has 0 heterocycles. The lowest BCUT2D eigenvalue weighted by Gasteiger charge is -2.15. The van der Waals surface area contributed by atoms with Gasteiger partial charge in [-0.2, -0.15) is 0 Å². The number of rotatable bonds is 13. The van der Waals surface area contributed by atoms with Crippen molar-refractivity contribution in [1.29, 1.82) is 0 Å². The lowest BCUT2D eigenvalue weighted by molar-refractivity contribution is -0.150. The van der Waals surface area contributed by atoms with E-state index in [1.807, 2.05) is 42.5 Å². The van der Waals surface area contributed by atoms with Crippen molar-refractivity contribution in [3.05, 3.63) is 78.4 Å². The molecule has 0 spiro atoms. The molecule has 0 unspecified atom stereocenters. The third kappa shape index (κ3) is 8.96. The zero-order chi connectivity index (χ0) is 27.5. The van der Waals surface area contributed by atoms with Gasteiger partial charge < -0.3 is 23.7 Å². The van der Waals surface area contributed by atoms with Crippen LogP contribution in [0.4, 0.5) is 0 Å². The fraction of sp³-hybridized carbons (Fsp3) is 0.300. The lowest BCUT2D eigenvalue weighted by Crippen LogP contribution is -2.21. The van der Waals surface area contributed by atoms with E-state index in [0.29, 0.717) is 5.75 Å². The van der Waals surface area contributed by atoms with Crippen molar-refractivity contribution < 1.29 is 38.1 Å². The first-order valence-electron chi connectivity index (χ1n) is 12.3. The zero-order valence-electron chi connectivity index (χ0n) is 22.0. The highest BCUT2D eigenvalue weighted by molar-refractivity contribution is 6.00. The average Bonchev–Trinajstić information content (AvgIpc) is 2.89. The van der Waals surface area contributed by atoms with Crippen molar-refractivity contribution in [2.24, 2.45) is 0 Å². The van der Waals surface area contributed by atoms with E-state index in [1.165, 1.54) is 18.2 Å². The van der Waals surface area contributed by atoms with E-state index in [2.05, 4.69) is 0 Å². The van der Waals surface area contributed by atoms with Crippen LogP contribution < -0.4 is 14.2 Å². The topological polar surface area (TPSA) is 97.4 Å². The molecule has 8 nitrogen and oxygen atoms in total. The molecule has 3 aromatic rings. The monoisotopic (exact) mass is 520 g/mol. The summed E-state index contributed by atoms with van der Waals surface area (Å²) in [5, 5.41) is 0. The Morgan fingerprint density at radius 3 is 1.74 bits per heavy atom. The molecule has 0 bridgehead atoms. The van der Waals surface area contributed by atoms with Gasteiger partial charge in [0.1, 0.15) is 17.2 Å². The maximum absolute atomic E-state index is 13.0. The van der Waals surface area contributed by atoms with Crippen molar-refractivity contribution >= 4 is 17.7 Å². The molecule has 0 saturated heterocycles. The van der Waals surface area contributed by atoms with E-state index in [1.54, 1.807) is 39.8 Å². The first kappa shape index (κ1) is 28.2. The predicted molar refractivity (Wildman–Crippen MR) is 142 cm³/mol. The molecule has 0 amide bonds. The van der Waals surface area contributed by atoms with Crippen LogP contribution >= 0.6 is 0 Å². The molecule has 0 fully saturated rings. The quantitative estimate of drug-likeness (QED) is 0.222. The zero-order valence-corrected chi connectivity index (χ0v) is 22.0. The van der Waals surface area contributed by atoms with Gasteiger partial charge in [0.2, 0.25) is 5.78 Å². The van der Waals surface area contributed by atoms with Crippen molar-refractivity contribution in [2.75, 3.05) is 19.8 Å². The summed E-state index contributed by atoms with van der Waals surface area (Å²) in [7, 11) is 0. The van der Waals surface area contributed by atoms with Crippen molar-refractivity contribution in [3.8, 4) is 28.4 Å². The Balaban J connectivity index is 1.68. The lowest BCUT2D eigenvalue weighted by atomic mass is 10.1. The molecule has 0 atom stereocenters. The molecule has 38 heavy (non-hydrogen) atoms. The predicted octanol–water partition coefficient (Wildman–Crippen LogP) is 5.28. The number of hydrogen-bond donors (Lipinski definition) is 0. The van der Waals surface area contributed by atoms with Gasteiger partial charge in [0.25, 0.3) is 0 Å². The number of carbonyl (C=O) groups excluding carboxylic acids is 3. The van der Waals surface area contributed by atoms with Crippen LogP contribution in [0.1, 0.15) is 38.1 Å². The molecule has 3 rings (SSSR count). The fourth-order valence-corrected chi connectivity index (χ4v) is 3.42. The summed E-state index contributed by atoms with van der Waals surface area (Å²) >= 11 is 0. The second-order valence-corrected chi connectivity index (χ2v) is 8.91. The molecule has 0 radical (unpaired) electrons. The van der Waals surface area contributed by atoms with Gasteiger partial charge in [0, 0.05) is 6.07 Å². The average molecular weight is 521 g/mol. The Kier molecular flexibility index (Phi) is 10.3. The van der Waals surface area contributed by atoms with Gasteiger partial charge in [-0.05, 0) is 63.1 Å². The number of carbonyl (C=O) groups is 3. The number of esters is 2. The SMILES string of the molecule is CC(C)OC(=O)COc1ccc(C(=O)COc2ccc(-c3ccccc3)cc2)c(OCC(=O)OC(C)C)c1. The highest BCUT2D eigenvalue weighted by Gasteiger charge is 2.18. The minimum Gasteiger partial charge on any atom is -0.485 e. The van der Waals surface area contributed by atoms with Gasteiger partial charge >= 0.3 is 11.9 Å². The second-order valence-electron chi connectivity index (χ2n) is 8.91. The number of hydrogen-bond acceptors (Lipinski definition) is 8. The van der Waals surface area contributed by atoms with Gasteiger partial charge in [0.15, 0.2) is 19.8 Å². The Morgan fingerprint density at radius 1 is 0.605 bits per heavy atom. The van der Waals surface area contributed by atoms with Gasteiger partial charge in [0.05, 0.1) is 17.8 Å². The number of benzene rings is 3. The van der Waals surface area contributed by atoms with E-state index in [4.69, 9.17) is 23.7 Å². The largest absolute Gasteiger partial charge is 0.485 e. The van der Waals surface area contributed by atoms with Crippen LogP contribution in [0.2, 0.25) is 0 Å². The summed E-state index contributed by atoms with van der Waals surface area (Å²) in [5.41, 5.74) is 2.30. The molecule has 0 aliphatic rings. The van der Waals surface area contributed by atoms with Crippen LogP contribution in [-0.4, -0.2) is 49.8 Å². The molecular weight excluding hydrogens is 488 g/mol. The summed E-state index contributed by atoms with van der Waals surface area (Å²) in [6.07, 6.45) is -0.581. The summed E-state index contributed by atoms with van der Waals surface area (Å²) in [5.74, 6) is -0.574. The number of ketones is 1. The molecule has 0 N–H and O–H groups in total. The molecule has 200 valence electrons. The van der Waals surface area contributed by atoms with Gasteiger partial charge in [-0.25, -0.2) is 9.59 Å². The molecular formula is C30H32O8. The van der Waals surface area contributed by atoms with Crippen LogP contribution in [0.5, 0.6) is 17.2 Å². The molecule has 0 aromatic heterocycles. The summed E-state index contributed by atoms with van der Waals surface area (Å²) < 4.78 is 26.9. The van der Waals surface area contributed by atoms with Crippen molar-refractivity contribution in [2.45, 2.75) is 39.9 Å². The fourth-order valence-electron chi connectivity index (χ4n) is 3.42. The Bertz CT molecular complexity index is 1220. The Morgan fingerprint density at radius 2 is 1.13 bits per heavy atom. The van der Waals surface area contributed by atoms with Gasteiger partial charge in [-0.15, -0.1) is 0 Å². The second kappa shape index (κ2) is 13.8. The van der Waals surface area contributed by atoms with E-state index >= 15 is 0 Å². The van der Waals surface area contributed by atoms with Gasteiger partial charge in [-0.1, -0.05) is 42.5 Å². The van der Waals surface area contributed by atoms with Crippen LogP contribution in [0.15, 0.2) is 72.8 Å². The molecule has 0 aliphatic carbocycles. The van der Waals surface area contributed by atoms with Crippen LogP contribution in [0.25, 0.3) is 11.1 Å². The van der Waals surface area contributed by atoms with Crippen molar-refractivity contribution in [3.63, 3.8) is 0 Å². The highest BCUT2D eigenvalue weighted by Crippen LogP contribution is 2.27. The van der Waals surface area contributed by atoms with Crippen molar-refractivity contribution in [1.82, 2.24) is 0 Å². The number of ether oxygens (including phenoxy) is 5. The van der Waals surface area contributed by atoms with Crippen LogP contribution in [0.3, 0.4) is 0 Å². The first-order valence-corrected chi connectivity index (χ1v) is 12.3. The summed E-state index contributed by atoms with van der Waals surface area (Å²) in [6, 6.07) is 21.8. The summed E-state index contributed by atoms with van der Waals surface area (Å²) in [4.78, 5) is 36.8. The minimum absolute atomic E-state index is 0.105. The highest BCUT2D eigenvalue weighted by atomic mass is 16.6. The molecule has 3 aromatic carbocycles.